The van der Waals surface area contributed by atoms with Crippen molar-refractivity contribution in [1.82, 2.24) is 5.53 Å². The molecule has 2 rings (SSSR count). The average molecular weight is 205 g/mol. The fourth-order valence-corrected chi connectivity index (χ4v) is 1.45. The molecule has 80 valence electrons. The van der Waals surface area contributed by atoms with Crippen LogP contribution in [-0.2, 0) is 4.79 Å². The first-order chi connectivity index (χ1) is 7.00. The van der Waals surface area contributed by atoms with Crippen LogP contribution in [0, 0.1) is 5.41 Å². The van der Waals surface area contributed by atoms with Crippen LogP contribution in [0.3, 0.4) is 0 Å². The topological polar surface area (TPSA) is 44.4 Å². The quantitative estimate of drug-likeness (QED) is 0.680. The minimum absolute atomic E-state index is 0.0416. The van der Waals surface area contributed by atoms with Crippen molar-refractivity contribution in [3.63, 3.8) is 0 Å². The molecular weight excluding hydrogens is 190 g/mol. The van der Waals surface area contributed by atoms with E-state index in [4.69, 9.17) is 0 Å². The van der Waals surface area contributed by atoms with Crippen molar-refractivity contribution < 1.29 is 4.79 Å². The van der Waals surface area contributed by atoms with Gasteiger partial charge in [-0.15, -0.1) is 5.53 Å². The van der Waals surface area contributed by atoms with E-state index in [1.807, 2.05) is 45.0 Å². The maximum Gasteiger partial charge on any atom is 0.248 e. The fraction of sp³-hybridized carbons (Fsp3) is 0.364. The second-order valence-electron chi connectivity index (χ2n) is 4.64. The maximum absolute atomic E-state index is 12.1. The number of hydrogen-bond donors (Lipinski definition) is 2. The van der Waals surface area contributed by atoms with E-state index in [1.54, 1.807) is 5.01 Å². The Bertz CT molecular complexity index is 395. The summed E-state index contributed by atoms with van der Waals surface area (Å²) in [6.07, 6.45) is 0. The summed E-state index contributed by atoms with van der Waals surface area (Å²) in [5.74, 6) is 0.0416. The first kappa shape index (κ1) is 9.98. The molecule has 1 aromatic rings. The largest absolute Gasteiger partial charge is 0.301 e. The van der Waals surface area contributed by atoms with E-state index in [9.17, 15) is 4.79 Å². The lowest BCUT2D eigenvalue weighted by Crippen LogP contribution is -2.46. The Hall–Kier alpha value is -1.55. The third kappa shape index (κ3) is 1.68. The molecule has 1 amide bonds. The van der Waals surface area contributed by atoms with Gasteiger partial charge in [-0.2, -0.15) is 0 Å². The molecular formula is C11H15N3O. The normalized spacial score (nSPS) is 14.7. The number of benzene rings is 1. The van der Waals surface area contributed by atoms with Gasteiger partial charge in [0, 0.05) is 5.41 Å². The van der Waals surface area contributed by atoms with E-state index in [1.165, 1.54) is 0 Å². The van der Waals surface area contributed by atoms with Gasteiger partial charge in [0.05, 0.1) is 11.4 Å². The Balaban J connectivity index is 2.32. The van der Waals surface area contributed by atoms with Gasteiger partial charge in [-0.05, 0) is 12.1 Å². The highest BCUT2D eigenvalue weighted by Gasteiger charge is 2.32. The van der Waals surface area contributed by atoms with Crippen LogP contribution in [0.4, 0.5) is 11.4 Å². The fourth-order valence-electron chi connectivity index (χ4n) is 1.45. The van der Waals surface area contributed by atoms with Crippen LogP contribution in [0.25, 0.3) is 0 Å². The van der Waals surface area contributed by atoms with Gasteiger partial charge in [0.15, 0.2) is 0 Å². The standard InChI is InChI=1S/C11H15N3O/c1-11(2,3)10(15)14-9-7-5-4-6-8(9)12-13-14/h4-7,12-13H,1-3H3. The summed E-state index contributed by atoms with van der Waals surface area (Å²) in [6, 6.07) is 7.68. The predicted octanol–water partition coefficient (Wildman–Crippen LogP) is 1.91. The number of hydrazine groups is 2. The molecule has 1 aliphatic heterocycles. The van der Waals surface area contributed by atoms with E-state index in [2.05, 4.69) is 11.0 Å². The number of carbonyl (C=O) groups excluding carboxylic acids is 1. The van der Waals surface area contributed by atoms with Crippen molar-refractivity contribution in [2.75, 3.05) is 10.4 Å². The van der Waals surface area contributed by atoms with E-state index >= 15 is 0 Å². The van der Waals surface area contributed by atoms with Crippen molar-refractivity contribution in [3.8, 4) is 0 Å². The van der Waals surface area contributed by atoms with Crippen LogP contribution in [0.15, 0.2) is 24.3 Å². The van der Waals surface area contributed by atoms with Gasteiger partial charge >= 0.3 is 0 Å². The molecule has 0 spiro atoms. The molecule has 0 saturated carbocycles. The molecule has 0 radical (unpaired) electrons. The zero-order chi connectivity index (χ0) is 11.1. The van der Waals surface area contributed by atoms with E-state index in [0.717, 1.165) is 11.4 Å². The molecule has 0 atom stereocenters. The monoisotopic (exact) mass is 205 g/mol. The molecule has 1 aromatic carbocycles. The summed E-state index contributed by atoms with van der Waals surface area (Å²) in [6.45, 7) is 5.70. The second-order valence-corrected chi connectivity index (χ2v) is 4.64. The highest BCUT2D eigenvalue weighted by molar-refractivity contribution is 6.00. The van der Waals surface area contributed by atoms with Gasteiger partial charge in [-0.1, -0.05) is 32.9 Å². The van der Waals surface area contributed by atoms with Gasteiger partial charge < -0.3 is 5.43 Å². The van der Waals surface area contributed by atoms with Crippen molar-refractivity contribution in [1.29, 1.82) is 0 Å². The first-order valence-corrected chi connectivity index (χ1v) is 4.95. The summed E-state index contributed by atoms with van der Waals surface area (Å²) in [7, 11) is 0. The highest BCUT2D eigenvalue weighted by Crippen LogP contribution is 2.31. The number of amides is 1. The van der Waals surface area contributed by atoms with Gasteiger partial charge in [0.2, 0.25) is 5.91 Å². The number of anilines is 2. The molecule has 15 heavy (non-hydrogen) atoms. The van der Waals surface area contributed by atoms with E-state index in [-0.39, 0.29) is 5.91 Å². The lowest BCUT2D eigenvalue weighted by molar-refractivity contribution is -0.126. The van der Waals surface area contributed by atoms with Gasteiger partial charge in [0.25, 0.3) is 0 Å². The lowest BCUT2D eigenvalue weighted by Gasteiger charge is -2.24. The zero-order valence-electron chi connectivity index (χ0n) is 9.16. The number of hydrogen-bond acceptors (Lipinski definition) is 3. The molecule has 0 bridgehead atoms. The Morgan fingerprint density at radius 1 is 1.27 bits per heavy atom. The molecule has 0 aliphatic carbocycles. The minimum atomic E-state index is -0.397. The predicted molar refractivity (Wildman–Crippen MR) is 60.1 cm³/mol. The van der Waals surface area contributed by atoms with Crippen molar-refractivity contribution in [3.05, 3.63) is 24.3 Å². The number of nitrogens with one attached hydrogen (secondary N) is 2. The molecule has 0 aromatic heterocycles. The Morgan fingerprint density at radius 2 is 1.93 bits per heavy atom. The zero-order valence-corrected chi connectivity index (χ0v) is 9.16. The molecule has 0 saturated heterocycles. The molecule has 0 unspecified atom stereocenters. The summed E-state index contributed by atoms with van der Waals surface area (Å²) in [4.78, 5) is 12.1. The summed E-state index contributed by atoms with van der Waals surface area (Å²) in [5.41, 5.74) is 7.22. The molecule has 4 heteroatoms. The average Bonchev–Trinajstić information content (AvgIpc) is 2.58. The summed E-state index contributed by atoms with van der Waals surface area (Å²) >= 11 is 0. The number of fused-ring (bicyclic) bond motifs is 1. The highest BCUT2D eigenvalue weighted by atomic mass is 16.2. The Labute approximate surface area is 89.2 Å². The minimum Gasteiger partial charge on any atom is -0.301 e. The van der Waals surface area contributed by atoms with Gasteiger partial charge in [-0.25, -0.2) is 5.01 Å². The van der Waals surface area contributed by atoms with Crippen molar-refractivity contribution in [2.45, 2.75) is 20.8 Å². The van der Waals surface area contributed by atoms with Crippen molar-refractivity contribution in [2.24, 2.45) is 5.41 Å². The second kappa shape index (κ2) is 3.24. The molecule has 1 aliphatic rings. The molecule has 2 N–H and O–H groups in total. The number of rotatable bonds is 0. The van der Waals surface area contributed by atoms with Crippen LogP contribution in [0.5, 0.6) is 0 Å². The SMILES string of the molecule is CC(C)(C)C(=O)N1NNc2ccccc21. The van der Waals surface area contributed by atoms with Crippen molar-refractivity contribution >= 4 is 17.3 Å². The maximum atomic E-state index is 12.1. The van der Waals surface area contributed by atoms with Gasteiger partial charge in [-0.3, -0.25) is 4.79 Å². The molecule has 4 nitrogen and oxygen atoms in total. The van der Waals surface area contributed by atoms with Crippen LogP contribution in [0.2, 0.25) is 0 Å². The van der Waals surface area contributed by atoms with Crippen LogP contribution in [-0.4, -0.2) is 5.91 Å². The smallest absolute Gasteiger partial charge is 0.248 e. The Morgan fingerprint density at radius 3 is 2.60 bits per heavy atom. The number of nitrogens with zero attached hydrogens (tertiary/aromatic N) is 1. The van der Waals surface area contributed by atoms with E-state index in [0.29, 0.717) is 0 Å². The Kier molecular flexibility index (Phi) is 2.16. The summed E-state index contributed by atoms with van der Waals surface area (Å²) in [5, 5.41) is 1.55. The van der Waals surface area contributed by atoms with E-state index < -0.39 is 5.41 Å². The van der Waals surface area contributed by atoms with Crippen LogP contribution in [0.1, 0.15) is 20.8 Å². The molecule has 1 heterocycles. The number of para-hydroxylation sites is 2. The van der Waals surface area contributed by atoms with Crippen LogP contribution < -0.4 is 16.0 Å². The summed E-state index contributed by atoms with van der Waals surface area (Å²) < 4.78 is 0. The molecule has 0 fully saturated rings. The first-order valence-electron chi connectivity index (χ1n) is 4.95. The third-order valence-corrected chi connectivity index (χ3v) is 2.29. The van der Waals surface area contributed by atoms with Crippen LogP contribution >= 0.6 is 0 Å². The van der Waals surface area contributed by atoms with Gasteiger partial charge in [0.1, 0.15) is 0 Å². The third-order valence-electron chi connectivity index (χ3n) is 2.29. The lowest BCUT2D eigenvalue weighted by atomic mass is 9.95. The number of carbonyl (C=O) groups is 1.